The second-order valence-electron chi connectivity index (χ2n) is 3.63. The molecule has 0 saturated heterocycles. The number of halogens is 2. The van der Waals surface area contributed by atoms with Gasteiger partial charge in [-0.05, 0) is 39.7 Å². The van der Waals surface area contributed by atoms with Crippen molar-refractivity contribution in [3.8, 4) is 0 Å². The van der Waals surface area contributed by atoms with Crippen molar-refractivity contribution < 1.29 is 22.9 Å². The maximum atomic E-state index is 13.3. The lowest BCUT2D eigenvalue weighted by molar-refractivity contribution is 0.0656. The van der Waals surface area contributed by atoms with E-state index < -0.39 is 22.6 Å². The predicted octanol–water partition coefficient (Wildman–Crippen LogP) is 3.19. The van der Waals surface area contributed by atoms with Gasteiger partial charge < -0.3 is 9.52 Å². The zero-order valence-corrected chi connectivity index (χ0v) is 11.8. The lowest BCUT2D eigenvalue weighted by Crippen LogP contribution is -1.98. The first-order chi connectivity index (χ1) is 8.99. The fourth-order valence-corrected chi connectivity index (χ4v) is 3.09. The van der Waals surface area contributed by atoms with Gasteiger partial charge in [-0.15, -0.1) is 0 Å². The second-order valence-corrected chi connectivity index (χ2v) is 5.80. The summed E-state index contributed by atoms with van der Waals surface area (Å²) in [4.78, 5) is 10.6. The van der Waals surface area contributed by atoms with Crippen molar-refractivity contribution in [2.45, 2.75) is 10.8 Å². The van der Waals surface area contributed by atoms with Crippen molar-refractivity contribution in [2.75, 3.05) is 0 Å². The highest BCUT2D eigenvalue weighted by molar-refractivity contribution is 9.10. The Morgan fingerprint density at radius 2 is 2.11 bits per heavy atom. The first kappa shape index (κ1) is 14.0. The minimum absolute atomic E-state index is 0.0327. The summed E-state index contributed by atoms with van der Waals surface area (Å²) < 4.78 is 30.5. The third kappa shape index (κ3) is 3.10. The lowest BCUT2D eigenvalue weighted by atomic mass is 10.2. The van der Waals surface area contributed by atoms with E-state index in [0.717, 1.165) is 0 Å². The molecule has 1 unspecified atom stereocenters. The number of rotatable bonds is 4. The molecule has 1 aromatic heterocycles. The van der Waals surface area contributed by atoms with E-state index >= 15 is 0 Å². The molecule has 0 aliphatic rings. The monoisotopic (exact) mass is 346 g/mol. The lowest BCUT2D eigenvalue weighted by Gasteiger charge is -2.03. The summed E-state index contributed by atoms with van der Waals surface area (Å²) in [5.41, 5.74) is 0.520. The molecular weight excluding hydrogens is 339 g/mol. The van der Waals surface area contributed by atoms with Gasteiger partial charge in [-0.1, -0.05) is 12.1 Å². The van der Waals surface area contributed by atoms with Crippen LogP contribution in [0.2, 0.25) is 0 Å². The number of hydrogen-bond acceptors (Lipinski definition) is 3. The molecule has 19 heavy (non-hydrogen) atoms. The van der Waals surface area contributed by atoms with Crippen LogP contribution < -0.4 is 0 Å². The number of aromatic carboxylic acids is 1. The van der Waals surface area contributed by atoms with Crippen molar-refractivity contribution in [2.24, 2.45) is 0 Å². The van der Waals surface area contributed by atoms with Crippen molar-refractivity contribution in [3.05, 3.63) is 51.9 Å². The molecular formula is C12H8BrFO4S. The minimum atomic E-state index is -1.58. The molecule has 1 heterocycles. The quantitative estimate of drug-likeness (QED) is 0.922. The molecule has 4 nitrogen and oxygen atoms in total. The third-order valence-corrected chi connectivity index (χ3v) is 4.46. The predicted molar refractivity (Wildman–Crippen MR) is 69.9 cm³/mol. The van der Waals surface area contributed by atoms with Crippen LogP contribution in [0.25, 0.3) is 0 Å². The van der Waals surface area contributed by atoms with Crippen molar-refractivity contribution in [1.29, 1.82) is 0 Å². The van der Waals surface area contributed by atoms with E-state index in [4.69, 9.17) is 9.52 Å². The molecule has 1 N–H and O–H groups in total. The van der Waals surface area contributed by atoms with E-state index in [1.165, 1.54) is 24.3 Å². The van der Waals surface area contributed by atoms with Crippen LogP contribution in [0, 0.1) is 5.82 Å². The van der Waals surface area contributed by atoms with Gasteiger partial charge in [0.05, 0.1) is 21.0 Å². The summed E-state index contributed by atoms with van der Waals surface area (Å²) in [6, 6.07) is 7.00. The van der Waals surface area contributed by atoms with E-state index in [0.29, 0.717) is 5.56 Å². The van der Waals surface area contributed by atoms with Crippen LogP contribution in [-0.2, 0) is 16.6 Å². The first-order valence-corrected chi connectivity index (χ1v) is 7.24. The Morgan fingerprint density at radius 1 is 1.37 bits per heavy atom. The Bertz CT molecular complexity index is 653. The molecule has 0 aliphatic heterocycles. The summed E-state index contributed by atoms with van der Waals surface area (Å²) in [5.74, 6) is -1.91. The fourth-order valence-electron chi connectivity index (χ4n) is 1.43. The molecule has 2 aromatic rings. The molecule has 0 spiro atoms. The fraction of sp³-hybridized carbons (Fsp3) is 0.0833. The normalized spacial score (nSPS) is 12.3. The second kappa shape index (κ2) is 5.66. The van der Waals surface area contributed by atoms with E-state index in [1.807, 2.05) is 0 Å². The summed E-state index contributed by atoms with van der Waals surface area (Å²) in [7, 11) is -1.58. The maximum Gasteiger partial charge on any atom is 0.371 e. The van der Waals surface area contributed by atoms with Crippen molar-refractivity contribution in [3.63, 3.8) is 0 Å². The number of carboxylic acid groups (broad SMARTS) is 1. The molecule has 7 heteroatoms. The van der Waals surface area contributed by atoms with Crippen LogP contribution >= 0.6 is 15.9 Å². The average molecular weight is 347 g/mol. The summed E-state index contributed by atoms with van der Waals surface area (Å²) in [5, 5.41) is 8.75. The summed E-state index contributed by atoms with van der Waals surface area (Å²) in [6.45, 7) is 0. The largest absolute Gasteiger partial charge is 0.475 e. The Labute approximate surface area is 118 Å². The zero-order valence-electron chi connectivity index (χ0n) is 9.43. The molecule has 0 fully saturated rings. The average Bonchev–Trinajstić information content (AvgIpc) is 2.84. The standard InChI is InChI=1S/C12H8BrFO4S/c13-11-7(2-1-3-8(11)14)6-19(17)10-5-4-9(18-10)12(15)16/h1-5H,6H2,(H,15,16). The third-order valence-electron chi connectivity index (χ3n) is 2.33. The summed E-state index contributed by atoms with van der Waals surface area (Å²) >= 11 is 3.08. The van der Waals surface area contributed by atoms with Gasteiger partial charge in [-0.25, -0.2) is 9.18 Å². The highest BCUT2D eigenvalue weighted by atomic mass is 79.9. The Kier molecular flexibility index (Phi) is 4.16. The number of benzene rings is 1. The maximum absolute atomic E-state index is 13.3. The minimum Gasteiger partial charge on any atom is -0.475 e. The number of furan rings is 1. The van der Waals surface area contributed by atoms with Crippen LogP contribution in [0.5, 0.6) is 0 Å². The van der Waals surface area contributed by atoms with Crippen LogP contribution in [0.3, 0.4) is 0 Å². The van der Waals surface area contributed by atoms with Gasteiger partial charge in [0.15, 0.2) is 5.09 Å². The number of hydrogen-bond donors (Lipinski definition) is 1. The highest BCUT2D eigenvalue weighted by Gasteiger charge is 2.16. The molecule has 2 rings (SSSR count). The van der Waals surface area contributed by atoms with Gasteiger partial charge in [0.2, 0.25) is 5.76 Å². The van der Waals surface area contributed by atoms with Gasteiger partial charge in [0.1, 0.15) is 5.82 Å². The van der Waals surface area contributed by atoms with Crippen LogP contribution in [0.4, 0.5) is 4.39 Å². The zero-order chi connectivity index (χ0) is 14.0. The topological polar surface area (TPSA) is 67.5 Å². The van der Waals surface area contributed by atoms with Gasteiger partial charge >= 0.3 is 5.97 Å². The van der Waals surface area contributed by atoms with Crippen molar-refractivity contribution in [1.82, 2.24) is 0 Å². The molecule has 0 radical (unpaired) electrons. The van der Waals surface area contributed by atoms with Gasteiger partial charge in [-0.2, -0.15) is 0 Å². The molecule has 100 valence electrons. The summed E-state index contributed by atoms with van der Waals surface area (Å²) in [6.07, 6.45) is 0. The first-order valence-electron chi connectivity index (χ1n) is 5.13. The molecule has 1 atom stereocenters. The number of carboxylic acids is 1. The molecule has 0 amide bonds. The van der Waals surface area contributed by atoms with Gasteiger partial charge in [0, 0.05) is 0 Å². The van der Waals surface area contributed by atoms with E-state index in [9.17, 15) is 13.4 Å². The van der Waals surface area contributed by atoms with Gasteiger partial charge in [0.25, 0.3) is 0 Å². The smallest absolute Gasteiger partial charge is 0.371 e. The molecule has 0 bridgehead atoms. The Morgan fingerprint density at radius 3 is 2.74 bits per heavy atom. The van der Waals surface area contributed by atoms with E-state index in [-0.39, 0.29) is 21.1 Å². The van der Waals surface area contributed by atoms with Gasteiger partial charge in [-0.3, -0.25) is 4.21 Å². The molecule has 0 aliphatic carbocycles. The molecule has 0 saturated carbocycles. The Balaban J connectivity index is 2.21. The van der Waals surface area contributed by atoms with E-state index in [2.05, 4.69) is 15.9 Å². The highest BCUT2D eigenvalue weighted by Crippen LogP contribution is 2.24. The van der Waals surface area contributed by atoms with Crippen molar-refractivity contribution >= 4 is 32.7 Å². The van der Waals surface area contributed by atoms with Crippen LogP contribution in [0.1, 0.15) is 16.1 Å². The Hall–Kier alpha value is -1.47. The van der Waals surface area contributed by atoms with E-state index in [1.54, 1.807) is 6.07 Å². The molecule has 1 aromatic carbocycles. The number of carbonyl (C=O) groups is 1. The van der Waals surface area contributed by atoms with Crippen LogP contribution in [0.15, 0.2) is 44.3 Å². The SMILES string of the molecule is O=C(O)c1ccc(S(=O)Cc2cccc(F)c2Br)o1. The van der Waals surface area contributed by atoms with Crippen LogP contribution in [-0.4, -0.2) is 15.3 Å².